The minimum atomic E-state index is -0.643. The fraction of sp³-hybridized carbons (Fsp3) is 0.364. The van der Waals surface area contributed by atoms with Gasteiger partial charge in [-0.2, -0.15) is 0 Å². The Bertz CT molecular complexity index is 878. The highest BCUT2D eigenvalue weighted by atomic mass is 16.5. The van der Waals surface area contributed by atoms with Crippen molar-refractivity contribution < 1.29 is 19.1 Å². The summed E-state index contributed by atoms with van der Waals surface area (Å²) in [5.74, 6) is 0.420. The lowest BCUT2D eigenvalue weighted by molar-refractivity contribution is -0.142. The van der Waals surface area contributed by atoms with E-state index in [2.05, 4.69) is 5.32 Å². The lowest BCUT2D eigenvalue weighted by Crippen LogP contribution is -2.53. The van der Waals surface area contributed by atoms with Crippen LogP contribution in [0.2, 0.25) is 0 Å². The molecule has 0 radical (unpaired) electrons. The van der Waals surface area contributed by atoms with E-state index < -0.39 is 6.10 Å². The molecule has 1 atom stereocenters. The average Bonchev–Trinajstić information content (AvgIpc) is 2.75. The zero-order valence-corrected chi connectivity index (χ0v) is 16.5. The van der Waals surface area contributed by atoms with Gasteiger partial charge in [-0.1, -0.05) is 29.8 Å². The number of amides is 2. The van der Waals surface area contributed by atoms with E-state index in [4.69, 9.17) is 9.47 Å². The second-order valence-corrected chi connectivity index (χ2v) is 7.31. The Morgan fingerprint density at radius 2 is 1.79 bits per heavy atom. The summed E-state index contributed by atoms with van der Waals surface area (Å²) in [5, 5.41) is 2.92. The maximum atomic E-state index is 12.9. The molecule has 0 saturated carbocycles. The monoisotopic (exact) mass is 395 g/mol. The van der Waals surface area contributed by atoms with E-state index in [0.29, 0.717) is 38.6 Å². The zero-order chi connectivity index (χ0) is 20.2. The number of hydrogen-bond acceptors (Lipinski definition) is 5. The summed E-state index contributed by atoms with van der Waals surface area (Å²) in [5.41, 5.74) is 2.70. The number of nitrogens with one attached hydrogen (secondary N) is 1. The number of morpholine rings is 1. The fourth-order valence-electron chi connectivity index (χ4n) is 3.58. The Labute approximate surface area is 170 Å². The van der Waals surface area contributed by atoms with Gasteiger partial charge in [0.05, 0.1) is 32.0 Å². The first-order valence-electron chi connectivity index (χ1n) is 9.84. The molecule has 0 aliphatic carbocycles. The van der Waals surface area contributed by atoms with E-state index in [9.17, 15) is 9.59 Å². The van der Waals surface area contributed by atoms with Gasteiger partial charge >= 0.3 is 0 Å². The molecule has 2 aromatic carbocycles. The lowest BCUT2D eigenvalue weighted by Gasteiger charge is -2.38. The van der Waals surface area contributed by atoms with Crippen molar-refractivity contribution in [1.82, 2.24) is 4.90 Å². The van der Waals surface area contributed by atoms with Crippen molar-refractivity contribution >= 4 is 23.2 Å². The van der Waals surface area contributed by atoms with Gasteiger partial charge in [0.25, 0.3) is 5.91 Å². The third kappa shape index (κ3) is 4.51. The molecule has 2 aromatic rings. The summed E-state index contributed by atoms with van der Waals surface area (Å²) in [4.78, 5) is 29.3. The predicted molar refractivity (Wildman–Crippen MR) is 110 cm³/mol. The van der Waals surface area contributed by atoms with Crippen LogP contribution in [0.25, 0.3) is 0 Å². The first kappa shape index (κ1) is 19.3. The molecule has 1 saturated heterocycles. The number of nitrogens with zero attached hydrogens (tertiary/aromatic N) is 2. The lowest BCUT2D eigenvalue weighted by atomic mass is 10.1. The number of ether oxygens (including phenoxy) is 2. The molecular weight excluding hydrogens is 370 g/mol. The van der Waals surface area contributed by atoms with Crippen LogP contribution in [0.15, 0.2) is 48.5 Å². The molecule has 152 valence electrons. The second-order valence-electron chi connectivity index (χ2n) is 7.31. The number of carbonyl (C=O) groups excluding carboxylic acids is 2. The Hall–Kier alpha value is -3.06. The van der Waals surface area contributed by atoms with Gasteiger partial charge in [-0.3, -0.25) is 9.59 Å². The normalized spacial score (nSPS) is 18.6. The van der Waals surface area contributed by atoms with E-state index in [0.717, 1.165) is 16.9 Å². The van der Waals surface area contributed by atoms with Gasteiger partial charge in [-0.15, -0.1) is 0 Å². The molecule has 2 heterocycles. The van der Waals surface area contributed by atoms with Gasteiger partial charge in [0.2, 0.25) is 5.91 Å². The van der Waals surface area contributed by atoms with E-state index in [1.807, 2.05) is 60.4 Å². The maximum Gasteiger partial charge on any atom is 0.265 e. The topological polar surface area (TPSA) is 71.1 Å². The van der Waals surface area contributed by atoms with Crippen LogP contribution in [-0.4, -0.2) is 62.2 Å². The van der Waals surface area contributed by atoms with Crippen molar-refractivity contribution in [3.8, 4) is 5.75 Å². The third-order valence-corrected chi connectivity index (χ3v) is 5.13. The standard InChI is InChI=1S/C22H25N3O4/c1-16-6-8-17(9-7-16)23-21(26)15-25-14-20(22(27)24-10-12-28-13-11-24)29-19-5-3-2-4-18(19)25/h2-9,20H,10-15H2,1H3,(H,23,26). The number of para-hydroxylation sites is 2. The van der Waals surface area contributed by atoms with E-state index in [-0.39, 0.29) is 18.4 Å². The van der Waals surface area contributed by atoms with Crippen molar-refractivity contribution in [2.45, 2.75) is 13.0 Å². The highest BCUT2D eigenvalue weighted by molar-refractivity contribution is 5.95. The largest absolute Gasteiger partial charge is 0.477 e. The molecule has 1 N–H and O–H groups in total. The number of benzene rings is 2. The van der Waals surface area contributed by atoms with Crippen molar-refractivity contribution in [3.63, 3.8) is 0 Å². The number of hydrogen-bond donors (Lipinski definition) is 1. The van der Waals surface area contributed by atoms with Crippen LogP contribution in [0.5, 0.6) is 5.75 Å². The van der Waals surface area contributed by atoms with Crippen LogP contribution in [-0.2, 0) is 14.3 Å². The number of carbonyl (C=O) groups is 2. The van der Waals surface area contributed by atoms with Gasteiger partial charge in [0.15, 0.2) is 6.10 Å². The van der Waals surface area contributed by atoms with Crippen LogP contribution in [0.1, 0.15) is 5.56 Å². The summed E-state index contributed by atoms with van der Waals surface area (Å²) in [6.07, 6.45) is -0.643. The summed E-state index contributed by atoms with van der Waals surface area (Å²) < 4.78 is 11.3. The highest BCUT2D eigenvalue weighted by Gasteiger charge is 2.34. The number of aryl methyl sites for hydroxylation is 1. The maximum absolute atomic E-state index is 12.9. The minimum absolute atomic E-state index is 0.0632. The summed E-state index contributed by atoms with van der Waals surface area (Å²) in [6, 6.07) is 15.2. The first-order valence-corrected chi connectivity index (χ1v) is 9.84. The van der Waals surface area contributed by atoms with E-state index in [1.165, 1.54) is 0 Å². The van der Waals surface area contributed by atoms with Crippen LogP contribution in [0.3, 0.4) is 0 Å². The van der Waals surface area contributed by atoms with Gasteiger partial charge in [-0.05, 0) is 31.2 Å². The molecule has 7 heteroatoms. The van der Waals surface area contributed by atoms with Crippen LogP contribution < -0.4 is 15.0 Å². The molecule has 0 bridgehead atoms. The summed E-state index contributed by atoms with van der Waals surface area (Å²) in [7, 11) is 0. The molecule has 0 aromatic heterocycles. The molecule has 2 amide bonds. The SMILES string of the molecule is Cc1ccc(NC(=O)CN2CC(C(=O)N3CCOCC3)Oc3ccccc32)cc1. The van der Waals surface area contributed by atoms with Gasteiger partial charge in [0.1, 0.15) is 5.75 Å². The summed E-state index contributed by atoms with van der Waals surface area (Å²) in [6.45, 7) is 4.68. The van der Waals surface area contributed by atoms with Crippen molar-refractivity contribution in [2.75, 3.05) is 49.6 Å². The predicted octanol–water partition coefficient (Wildman–Crippen LogP) is 2.06. The Kier molecular flexibility index (Phi) is 5.67. The molecule has 1 fully saturated rings. The van der Waals surface area contributed by atoms with Gasteiger partial charge in [-0.25, -0.2) is 0 Å². The van der Waals surface area contributed by atoms with E-state index >= 15 is 0 Å². The molecule has 1 unspecified atom stereocenters. The van der Waals surface area contributed by atoms with Gasteiger partial charge < -0.3 is 24.6 Å². The number of rotatable bonds is 4. The Morgan fingerprint density at radius 3 is 2.55 bits per heavy atom. The van der Waals surface area contributed by atoms with Crippen molar-refractivity contribution in [2.24, 2.45) is 0 Å². The third-order valence-electron chi connectivity index (χ3n) is 5.13. The van der Waals surface area contributed by atoms with Gasteiger partial charge in [0, 0.05) is 18.8 Å². The quantitative estimate of drug-likeness (QED) is 0.858. The van der Waals surface area contributed by atoms with Crippen molar-refractivity contribution in [1.29, 1.82) is 0 Å². The Morgan fingerprint density at radius 1 is 1.07 bits per heavy atom. The smallest absolute Gasteiger partial charge is 0.265 e. The highest BCUT2D eigenvalue weighted by Crippen LogP contribution is 2.33. The first-order chi connectivity index (χ1) is 14.1. The van der Waals surface area contributed by atoms with Crippen LogP contribution >= 0.6 is 0 Å². The number of anilines is 2. The molecule has 29 heavy (non-hydrogen) atoms. The fourth-order valence-corrected chi connectivity index (χ4v) is 3.58. The number of fused-ring (bicyclic) bond motifs is 1. The molecule has 2 aliphatic rings. The Balaban J connectivity index is 1.48. The second kappa shape index (κ2) is 8.53. The molecule has 2 aliphatic heterocycles. The molecule has 4 rings (SSSR count). The van der Waals surface area contributed by atoms with Crippen molar-refractivity contribution in [3.05, 3.63) is 54.1 Å². The van der Waals surface area contributed by atoms with Crippen LogP contribution in [0, 0.1) is 6.92 Å². The zero-order valence-electron chi connectivity index (χ0n) is 16.5. The van der Waals surface area contributed by atoms with E-state index in [1.54, 1.807) is 4.90 Å². The molecule has 0 spiro atoms. The molecule has 7 nitrogen and oxygen atoms in total. The summed E-state index contributed by atoms with van der Waals surface area (Å²) >= 11 is 0. The van der Waals surface area contributed by atoms with Crippen LogP contribution in [0.4, 0.5) is 11.4 Å². The molecular formula is C22H25N3O4. The average molecular weight is 395 g/mol. The minimum Gasteiger partial charge on any atom is -0.477 e.